The predicted octanol–water partition coefficient (Wildman–Crippen LogP) is 3.11. The van der Waals surface area contributed by atoms with Crippen LogP contribution in [0.4, 0.5) is 10.1 Å². The molecule has 0 atom stereocenters. The second-order valence-corrected chi connectivity index (χ2v) is 7.59. The topological polar surface area (TPSA) is 72.2 Å². The molecule has 0 unspecified atom stereocenters. The van der Waals surface area contributed by atoms with E-state index in [0.29, 0.717) is 0 Å². The molecular formula is C12H12ClFN2O2S2. The molecular weight excluding hydrogens is 323 g/mol. The van der Waals surface area contributed by atoms with Crippen LogP contribution < -0.4 is 10.5 Å². The third-order valence-electron chi connectivity index (χ3n) is 2.62. The highest BCUT2D eigenvalue weighted by Gasteiger charge is 2.20. The predicted molar refractivity (Wildman–Crippen MR) is 79.2 cm³/mol. The molecule has 0 aliphatic heterocycles. The Morgan fingerprint density at radius 1 is 1.40 bits per heavy atom. The Labute approximate surface area is 125 Å². The van der Waals surface area contributed by atoms with E-state index in [9.17, 15) is 12.8 Å². The van der Waals surface area contributed by atoms with E-state index in [-0.39, 0.29) is 21.5 Å². The summed E-state index contributed by atoms with van der Waals surface area (Å²) in [5.74, 6) is -0.728. The highest BCUT2D eigenvalue weighted by molar-refractivity contribution is 7.94. The Morgan fingerprint density at radius 2 is 2.10 bits per heavy atom. The SMILES string of the molecule is Cc1cc(S(=O)(=O)Nc2ccc(Cl)cc2F)sc1CN. The molecule has 1 aromatic heterocycles. The Bertz CT molecular complexity index is 744. The van der Waals surface area contributed by atoms with Gasteiger partial charge in [0.25, 0.3) is 10.0 Å². The minimum absolute atomic E-state index is 0.102. The van der Waals surface area contributed by atoms with Gasteiger partial charge >= 0.3 is 0 Å². The lowest BCUT2D eigenvalue weighted by Crippen LogP contribution is -2.12. The third-order valence-corrected chi connectivity index (χ3v) is 5.96. The van der Waals surface area contributed by atoms with Gasteiger partial charge in [0.05, 0.1) is 5.69 Å². The lowest BCUT2D eigenvalue weighted by molar-refractivity contribution is 0.600. The normalized spacial score (nSPS) is 11.6. The number of nitrogens with one attached hydrogen (secondary N) is 1. The van der Waals surface area contributed by atoms with Gasteiger partial charge in [0.15, 0.2) is 0 Å². The molecule has 0 amide bonds. The number of sulfonamides is 1. The largest absolute Gasteiger partial charge is 0.326 e. The van der Waals surface area contributed by atoms with Crippen molar-refractivity contribution in [3.05, 3.63) is 45.5 Å². The molecule has 108 valence electrons. The zero-order valence-corrected chi connectivity index (χ0v) is 12.9. The second kappa shape index (κ2) is 5.69. The minimum atomic E-state index is -3.83. The average molecular weight is 335 g/mol. The molecule has 0 spiro atoms. The summed E-state index contributed by atoms with van der Waals surface area (Å²) in [5, 5.41) is 0.197. The lowest BCUT2D eigenvalue weighted by Gasteiger charge is -2.07. The van der Waals surface area contributed by atoms with Gasteiger partial charge in [-0.05, 0) is 36.8 Å². The van der Waals surface area contributed by atoms with Crippen molar-refractivity contribution in [2.24, 2.45) is 5.73 Å². The van der Waals surface area contributed by atoms with Crippen molar-refractivity contribution in [2.75, 3.05) is 4.72 Å². The molecule has 0 saturated heterocycles. The van der Waals surface area contributed by atoms with Crippen molar-refractivity contribution in [1.29, 1.82) is 0 Å². The Morgan fingerprint density at radius 3 is 2.65 bits per heavy atom. The average Bonchev–Trinajstić information content (AvgIpc) is 2.75. The summed E-state index contributed by atoms with van der Waals surface area (Å²) in [6.07, 6.45) is 0. The van der Waals surface area contributed by atoms with Crippen LogP contribution in [0.5, 0.6) is 0 Å². The van der Waals surface area contributed by atoms with Crippen molar-refractivity contribution in [1.82, 2.24) is 0 Å². The van der Waals surface area contributed by atoms with Gasteiger partial charge in [0.1, 0.15) is 10.0 Å². The summed E-state index contributed by atoms with van der Waals surface area (Å²) in [7, 11) is -3.83. The molecule has 0 aliphatic carbocycles. The van der Waals surface area contributed by atoms with Crippen LogP contribution in [-0.4, -0.2) is 8.42 Å². The number of anilines is 1. The van der Waals surface area contributed by atoms with Crippen LogP contribution in [0, 0.1) is 12.7 Å². The van der Waals surface area contributed by atoms with Crippen molar-refractivity contribution in [3.8, 4) is 0 Å². The van der Waals surface area contributed by atoms with Gasteiger partial charge in [-0.3, -0.25) is 4.72 Å². The van der Waals surface area contributed by atoms with Crippen molar-refractivity contribution < 1.29 is 12.8 Å². The number of thiophene rings is 1. The van der Waals surface area contributed by atoms with Crippen LogP contribution >= 0.6 is 22.9 Å². The van der Waals surface area contributed by atoms with Crippen LogP contribution in [0.25, 0.3) is 0 Å². The molecule has 8 heteroatoms. The van der Waals surface area contributed by atoms with Crippen LogP contribution in [0.1, 0.15) is 10.4 Å². The fourth-order valence-electron chi connectivity index (χ4n) is 1.59. The molecule has 2 aromatic rings. The van der Waals surface area contributed by atoms with Crippen LogP contribution in [-0.2, 0) is 16.6 Å². The summed E-state index contributed by atoms with van der Waals surface area (Å²) >= 11 is 6.69. The Balaban J connectivity index is 2.35. The first kappa shape index (κ1) is 15.2. The molecule has 0 saturated carbocycles. The maximum atomic E-state index is 13.6. The smallest absolute Gasteiger partial charge is 0.271 e. The number of benzene rings is 1. The van der Waals surface area contributed by atoms with E-state index in [1.165, 1.54) is 18.2 Å². The first-order chi connectivity index (χ1) is 9.33. The van der Waals surface area contributed by atoms with E-state index in [1.54, 1.807) is 6.92 Å². The Kier molecular flexibility index (Phi) is 4.33. The monoisotopic (exact) mass is 334 g/mol. The highest BCUT2D eigenvalue weighted by Crippen LogP contribution is 2.28. The number of rotatable bonds is 4. The molecule has 0 fully saturated rings. The molecule has 1 aromatic carbocycles. The summed E-state index contributed by atoms with van der Waals surface area (Å²) in [6.45, 7) is 2.04. The molecule has 2 rings (SSSR count). The number of hydrogen-bond acceptors (Lipinski definition) is 4. The van der Waals surface area contributed by atoms with E-state index in [0.717, 1.165) is 27.8 Å². The highest BCUT2D eigenvalue weighted by atomic mass is 35.5. The fourth-order valence-corrected chi connectivity index (χ4v) is 4.28. The summed E-state index contributed by atoms with van der Waals surface area (Å²) in [4.78, 5) is 0.780. The van der Waals surface area contributed by atoms with Gasteiger partial charge in [0.2, 0.25) is 0 Å². The van der Waals surface area contributed by atoms with E-state index in [2.05, 4.69) is 4.72 Å². The van der Waals surface area contributed by atoms with E-state index < -0.39 is 15.8 Å². The van der Waals surface area contributed by atoms with Crippen LogP contribution in [0.15, 0.2) is 28.5 Å². The molecule has 1 heterocycles. The van der Waals surface area contributed by atoms with Gasteiger partial charge in [-0.25, -0.2) is 12.8 Å². The molecule has 0 bridgehead atoms. The summed E-state index contributed by atoms with van der Waals surface area (Å²) < 4.78 is 40.3. The molecule has 0 aliphatic rings. The lowest BCUT2D eigenvalue weighted by atomic mass is 10.3. The zero-order chi connectivity index (χ0) is 14.9. The minimum Gasteiger partial charge on any atom is -0.326 e. The maximum Gasteiger partial charge on any atom is 0.271 e. The quantitative estimate of drug-likeness (QED) is 0.902. The standard InChI is InChI=1S/C12H12ClFN2O2S2/c1-7-4-12(19-11(7)6-15)20(17,18)16-10-3-2-8(13)5-9(10)14/h2-5,16H,6,15H2,1H3. The summed E-state index contributed by atoms with van der Waals surface area (Å²) in [5.41, 5.74) is 6.18. The van der Waals surface area contributed by atoms with Gasteiger partial charge in [-0.1, -0.05) is 11.6 Å². The maximum absolute atomic E-state index is 13.6. The molecule has 20 heavy (non-hydrogen) atoms. The second-order valence-electron chi connectivity index (χ2n) is 4.11. The van der Waals surface area contributed by atoms with E-state index >= 15 is 0 Å². The number of aryl methyl sites for hydroxylation is 1. The van der Waals surface area contributed by atoms with Gasteiger partial charge in [0, 0.05) is 16.4 Å². The summed E-state index contributed by atoms with van der Waals surface area (Å²) in [6, 6.07) is 5.25. The molecule has 0 radical (unpaired) electrons. The number of halogens is 2. The third kappa shape index (κ3) is 3.12. The van der Waals surface area contributed by atoms with Crippen molar-refractivity contribution in [2.45, 2.75) is 17.7 Å². The number of hydrogen-bond donors (Lipinski definition) is 2. The first-order valence-corrected chi connectivity index (χ1v) is 8.28. The van der Waals surface area contributed by atoms with E-state index in [4.69, 9.17) is 17.3 Å². The number of nitrogens with two attached hydrogens (primary N) is 1. The zero-order valence-electron chi connectivity index (χ0n) is 10.5. The molecule has 4 nitrogen and oxygen atoms in total. The van der Waals surface area contributed by atoms with Crippen LogP contribution in [0.2, 0.25) is 5.02 Å². The van der Waals surface area contributed by atoms with Crippen LogP contribution in [0.3, 0.4) is 0 Å². The van der Waals surface area contributed by atoms with Crippen molar-refractivity contribution >= 4 is 38.6 Å². The van der Waals surface area contributed by atoms with Gasteiger partial charge in [-0.15, -0.1) is 11.3 Å². The fraction of sp³-hybridized carbons (Fsp3) is 0.167. The van der Waals surface area contributed by atoms with Gasteiger partial charge in [-0.2, -0.15) is 0 Å². The van der Waals surface area contributed by atoms with Crippen molar-refractivity contribution in [3.63, 3.8) is 0 Å². The van der Waals surface area contributed by atoms with E-state index in [1.807, 2.05) is 0 Å². The Hall–Kier alpha value is -1.15. The first-order valence-electron chi connectivity index (χ1n) is 5.60. The molecule has 3 N–H and O–H groups in total. The van der Waals surface area contributed by atoms with Gasteiger partial charge < -0.3 is 5.73 Å².